The van der Waals surface area contributed by atoms with Crippen LogP contribution in [0.2, 0.25) is 0 Å². The van der Waals surface area contributed by atoms with Gasteiger partial charge < -0.3 is 10.6 Å². The summed E-state index contributed by atoms with van der Waals surface area (Å²) in [6.45, 7) is 9.86. The van der Waals surface area contributed by atoms with Crippen LogP contribution in [0.3, 0.4) is 0 Å². The van der Waals surface area contributed by atoms with Crippen molar-refractivity contribution in [3.05, 3.63) is 0 Å². The van der Waals surface area contributed by atoms with E-state index in [1.807, 2.05) is 0 Å². The van der Waals surface area contributed by atoms with Crippen LogP contribution in [0.1, 0.15) is 27.7 Å². The topological polar surface area (TPSA) is 24.1 Å². The van der Waals surface area contributed by atoms with Crippen molar-refractivity contribution in [3.8, 4) is 0 Å². The number of alkyl halides is 3. The number of hydrogen-bond donors (Lipinski definition) is 2. The SMILES string of the molecule is CC1(C)C(CNCCNCC(F)(F)F)C1(C)C. The van der Waals surface area contributed by atoms with Crippen molar-refractivity contribution < 1.29 is 13.2 Å². The lowest BCUT2D eigenvalue weighted by molar-refractivity contribution is -0.124. The first-order chi connectivity index (χ1) is 7.59. The molecule has 0 aromatic carbocycles. The molecule has 17 heavy (non-hydrogen) atoms. The van der Waals surface area contributed by atoms with Gasteiger partial charge in [-0.1, -0.05) is 27.7 Å². The van der Waals surface area contributed by atoms with Gasteiger partial charge in [0.25, 0.3) is 0 Å². The zero-order valence-electron chi connectivity index (χ0n) is 11.0. The van der Waals surface area contributed by atoms with Gasteiger partial charge in [0.1, 0.15) is 0 Å². The van der Waals surface area contributed by atoms with Gasteiger partial charge in [-0.15, -0.1) is 0 Å². The monoisotopic (exact) mass is 252 g/mol. The molecule has 2 N–H and O–H groups in total. The van der Waals surface area contributed by atoms with Gasteiger partial charge in [0.2, 0.25) is 0 Å². The largest absolute Gasteiger partial charge is 0.401 e. The molecule has 0 unspecified atom stereocenters. The van der Waals surface area contributed by atoms with Gasteiger partial charge in [0.05, 0.1) is 6.54 Å². The third-order valence-corrected chi connectivity index (χ3v) is 4.47. The molecule has 2 nitrogen and oxygen atoms in total. The second-order valence-corrected chi connectivity index (χ2v) is 5.99. The van der Waals surface area contributed by atoms with E-state index in [0.717, 1.165) is 6.54 Å². The maximum Gasteiger partial charge on any atom is 0.401 e. The van der Waals surface area contributed by atoms with Crippen molar-refractivity contribution in [2.24, 2.45) is 16.7 Å². The molecule has 1 fully saturated rings. The summed E-state index contributed by atoms with van der Waals surface area (Å²) < 4.78 is 35.5. The van der Waals surface area contributed by atoms with Gasteiger partial charge in [-0.3, -0.25) is 0 Å². The van der Waals surface area contributed by atoms with E-state index in [0.29, 0.717) is 29.8 Å². The molecule has 1 saturated carbocycles. The Labute approximate surface area is 101 Å². The molecule has 0 aromatic rings. The Hall–Kier alpha value is -0.290. The van der Waals surface area contributed by atoms with Gasteiger partial charge in [-0.25, -0.2) is 0 Å². The van der Waals surface area contributed by atoms with E-state index in [2.05, 4.69) is 38.3 Å². The lowest BCUT2D eigenvalue weighted by Crippen LogP contribution is -2.35. The summed E-state index contributed by atoms with van der Waals surface area (Å²) in [6.07, 6.45) is -4.11. The van der Waals surface area contributed by atoms with Crippen molar-refractivity contribution in [2.75, 3.05) is 26.2 Å². The summed E-state index contributed by atoms with van der Waals surface area (Å²) in [5.41, 5.74) is 0.665. The fraction of sp³-hybridized carbons (Fsp3) is 1.00. The average Bonchev–Trinajstić information content (AvgIpc) is 2.50. The molecule has 0 amide bonds. The van der Waals surface area contributed by atoms with E-state index in [9.17, 15) is 13.2 Å². The average molecular weight is 252 g/mol. The van der Waals surface area contributed by atoms with Gasteiger partial charge in [-0.2, -0.15) is 13.2 Å². The Morgan fingerprint density at radius 2 is 1.41 bits per heavy atom. The minimum absolute atomic E-state index is 0.333. The van der Waals surface area contributed by atoms with Crippen LogP contribution in [-0.2, 0) is 0 Å². The molecule has 0 aromatic heterocycles. The summed E-state index contributed by atoms with van der Waals surface area (Å²) in [7, 11) is 0. The lowest BCUT2D eigenvalue weighted by atomic mass is 10.0. The number of nitrogens with one attached hydrogen (secondary N) is 2. The molecule has 5 heteroatoms. The highest BCUT2D eigenvalue weighted by Crippen LogP contribution is 2.67. The van der Waals surface area contributed by atoms with E-state index >= 15 is 0 Å². The van der Waals surface area contributed by atoms with Gasteiger partial charge in [0, 0.05) is 13.1 Å². The maximum atomic E-state index is 11.8. The second kappa shape index (κ2) is 4.76. The molecule has 1 aliphatic rings. The van der Waals surface area contributed by atoms with Crippen molar-refractivity contribution >= 4 is 0 Å². The number of rotatable bonds is 6. The molecule has 1 rings (SSSR count). The van der Waals surface area contributed by atoms with E-state index in [4.69, 9.17) is 0 Å². The Morgan fingerprint density at radius 3 is 1.82 bits per heavy atom. The third-order valence-electron chi connectivity index (χ3n) is 4.47. The molecule has 1 aliphatic carbocycles. The minimum Gasteiger partial charge on any atom is -0.315 e. The Morgan fingerprint density at radius 1 is 0.941 bits per heavy atom. The zero-order valence-corrected chi connectivity index (χ0v) is 11.0. The fourth-order valence-corrected chi connectivity index (χ4v) is 2.50. The summed E-state index contributed by atoms with van der Waals surface area (Å²) in [5, 5.41) is 5.59. The summed E-state index contributed by atoms with van der Waals surface area (Å²) in [6, 6.07) is 0. The van der Waals surface area contributed by atoms with Crippen LogP contribution in [0.25, 0.3) is 0 Å². The Balaban J connectivity index is 2.04. The maximum absolute atomic E-state index is 11.8. The van der Waals surface area contributed by atoms with Crippen LogP contribution in [0.5, 0.6) is 0 Å². The summed E-state index contributed by atoms with van der Waals surface area (Å²) in [4.78, 5) is 0. The summed E-state index contributed by atoms with van der Waals surface area (Å²) >= 11 is 0. The molecule has 0 bridgehead atoms. The van der Waals surface area contributed by atoms with Gasteiger partial charge in [-0.05, 0) is 23.3 Å². The Kier molecular flexibility index (Phi) is 4.14. The van der Waals surface area contributed by atoms with E-state index < -0.39 is 12.7 Å². The molecular weight excluding hydrogens is 229 g/mol. The standard InChI is InChI=1S/C12H23F3N2/c1-10(2)9(11(10,3)4)7-16-5-6-17-8-12(13,14)15/h9,16-17H,5-8H2,1-4H3. The van der Waals surface area contributed by atoms with E-state index in [-0.39, 0.29) is 0 Å². The Bertz CT molecular complexity index is 245. The predicted octanol–water partition coefficient (Wildman–Crippen LogP) is 2.41. The molecule has 0 heterocycles. The molecule has 102 valence electrons. The van der Waals surface area contributed by atoms with Crippen LogP contribution in [-0.4, -0.2) is 32.4 Å². The second-order valence-electron chi connectivity index (χ2n) is 5.99. The summed E-state index contributed by atoms with van der Waals surface area (Å²) in [5.74, 6) is 0.609. The van der Waals surface area contributed by atoms with E-state index in [1.54, 1.807) is 0 Å². The van der Waals surface area contributed by atoms with Gasteiger partial charge >= 0.3 is 6.18 Å². The van der Waals surface area contributed by atoms with Crippen LogP contribution in [0.15, 0.2) is 0 Å². The fourth-order valence-electron chi connectivity index (χ4n) is 2.50. The lowest BCUT2D eigenvalue weighted by Gasteiger charge is -2.09. The van der Waals surface area contributed by atoms with Crippen molar-refractivity contribution in [2.45, 2.75) is 33.9 Å². The third kappa shape index (κ3) is 3.58. The van der Waals surface area contributed by atoms with Crippen LogP contribution < -0.4 is 10.6 Å². The number of halogens is 3. The highest BCUT2D eigenvalue weighted by Gasteiger charge is 2.63. The van der Waals surface area contributed by atoms with E-state index in [1.165, 1.54) is 0 Å². The zero-order chi connectivity index (χ0) is 13.3. The molecule has 0 atom stereocenters. The quantitative estimate of drug-likeness (QED) is 0.709. The van der Waals surface area contributed by atoms with Crippen LogP contribution in [0.4, 0.5) is 13.2 Å². The molecule has 0 aliphatic heterocycles. The molecule has 0 spiro atoms. The first-order valence-electron chi connectivity index (χ1n) is 6.07. The van der Waals surface area contributed by atoms with Crippen molar-refractivity contribution in [1.82, 2.24) is 10.6 Å². The minimum atomic E-state index is -4.11. The van der Waals surface area contributed by atoms with Crippen LogP contribution in [0, 0.1) is 16.7 Å². The highest BCUT2D eigenvalue weighted by molar-refractivity contribution is 5.12. The van der Waals surface area contributed by atoms with Crippen molar-refractivity contribution in [1.29, 1.82) is 0 Å². The number of hydrogen-bond acceptors (Lipinski definition) is 2. The van der Waals surface area contributed by atoms with Crippen molar-refractivity contribution in [3.63, 3.8) is 0 Å². The van der Waals surface area contributed by atoms with Gasteiger partial charge in [0.15, 0.2) is 0 Å². The molecule has 0 radical (unpaired) electrons. The predicted molar refractivity (Wildman–Crippen MR) is 62.8 cm³/mol. The first-order valence-corrected chi connectivity index (χ1v) is 6.07. The highest BCUT2D eigenvalue weighted by atomic mass is 19.4. The molecule has 0 saturated heterocycles. The molecular formula is C12H23F3N2. The first kappa shape index (κ1) is 14.8. The smallest absolute Gasteiger partial charge is 0.315 e. The van der Waals surface area contributed by atoms with Crippen LogP contribution >= 0.6 is 0 Å². The normalized spacial score (nSPS) is 22.8.